The van der Waals surface area contributed by atoms with Gasteiger partial charge in [-0.2, -0.15) is 13.2 Å². The van der Waals surface area contributed by atoms with Gasteiger partial charge in [0.25, 0.3) is 0 Å². The molecule has 0 heterocycles. The van der Waals surface area contributed by atoms with E-state index in [1.807, 2.05) is 0 Å². The van der Waals surface area contributed by atoms with Gasteiger partial charge in [0.2, 0.25) is 10.2 Å². The van der Waals surface area contributed by atoms with Crippen LogP contribution in [0.5, 0.6) is 0 Å². The van der Waals surface area contributed by atoms with E-state index in [0.29, 0.717) is 26.5 Å². The molecule has 162 valence electrons. The molecular formula is C25H17F3O2S2. The average Bonchev–Trinajstić information content (AvgIpc) is 2.79. The highest BCUT2D eigenvalue weighted by atomic mass is 32.2. The number of hydrogen-bond donors (Lipinski definition) is 0. The summed E-state index contributed by atoms with van der Waals surface area (Å²) in [6, 6.07) is 17.3. The molecule has 3 rings (SSSR count). The quantitative estimate of drug-likeness (QED) is 0.274. The van der Waals surface area contributed by atoms with Crippen LogP contribution in [-0.2, 0) is 15.8 Å². The predicted octanol–water partition coefficient (Wildman–Crippen LogP) is 7.65. The maximum absolute atomic E-state index is 13.9. The van der Waals surface area contributed by atoms with Crippen molar-refractivity contribution in [3.8, 4) is 22.3 Å². The van der Waals surface area contributed by atoms with Crippen LogP contribution in [0.25, 0.3) is 22.3 Å². The van der Waals surface area contributed by atoms with Gasteiger partial charge in [-0.05, 0) is 88.3 Å². The van der Waals surface area contributed by atoms with Gasteiger partial charge >= 0.3 is 6.18 Å². The fraction of sp³-hybridized carbons (Fsp3) is 0.0400. The number of benzene rings is 3. The Labute approximate surface area is 192 Å². The van der Waals surface area contributed by atoms with Crippen molar-refractivity contribution in [2.75, 3.05) is 0 Å². The van der Waals surface area contributed by atoms with Gasteiger partial charge < -0.3 is 0 Å². The molecule has 0 saturated heterocycles. The normalized spacial score (nSPS) is 11.1. The number of thioether (sulfide) groups is 2. The first-order chi connectivity index (χ1) is 15.2. The largest absolute Gasteiger partial charge is 0.417 e. The number of alkyl halides is 3. The average molecular weight is 471 g/mol. The van der Waals surface area contributed by atoms with Crippen LogP contribution < -0.4 is 0 Å². The second-order valence-corrected chi connectivity index (χ2v) is 8.71. The van der Waals surface area contributed by atoms with E-state index in [1.165, 1.54) is 18.2 Å². The first-order valence-electron chi connectivity index (χ1n) is 9.32. The molecule has 0 amide bonds. The van der Waals surface area contributed by atoms with E-state index in [-0.39, 0.29) is 15.8 Å². The van der Waals surface area contributed by atoms with Crippen molar-refractivity contribution in [2.45, 2.75) is 16.0 Å². The Morgan fingerprint density at radius 1 is 0.688 bits per heavy atom. The maximum Gasteiger partial charge on any atom is 0.417 e. The zero-order valence-corrected chi connectivity index (χ0v) is 18.3. The summed E-state index contributed by atoms with van der Waals surface area (Å²) in [6.45, 7) is 6.81. The summed E-state index contributed by atoms with van der Waals surface area (Å²) in [5.41, 5.74) is 0.715. The molecular weight excluding hydrogens is 453 g/mol. The molecule has 0 radical (unpaired) electrons. The van der Waals surface area contributed by atoms with Gasteiger partial charge in [-0.25, -0.2) is 0 Å². The third kappa shape index (κ3) is 5.81. The van der Waals surface area contributed by atoms with Gasteiger partial charge in [-0.3, -0.25) is 9.59 Å². The Balaban J connectivity index is 1.95. The Morgan fingerprint density at radius 2 is 1.12 bits per heavy atom. The third-order valence-electron chi connectivity index (χ3n) is 4.45. The number of halogens is 3. The highest BCUT2D eigenvalue weighted by Gasteiger charge is 2.34. The van der Waals surface area contributed by atoms with E-state index in [2.05, 4.69) is 13.2 Å². The van der Waals surface area contributed by atoms with Gasteiger partial charge in [0.05, 0.1) is 5.56 Å². The molecule has 0 fully saturated rings. The first kappa shape index (κ1) is 23.6. The summed E-state index contributed by atoms with van der Waals surface area (Å²) < 4.78 is 41.6. The van der Waals surface area contributed by atoms with Crippen molar-refractivity contribution >= 4 is 33.8 Å². The van der Waals surface area contributed by atoms with Crippen LogP contribution in [0.4, 0.5) is 13.2 Å². The maximum atomic E-state index is 13.9. The molecule has 0 aliphatic carbocycles. The van der Waals surface area contributed by atoms with Gasteiger partial charge in [0.15, 0.2) is 0 Å². The van der Waals surface area contributed by atoms with E-state index in [1.54, 1.807) is 54.6 Å². The van der Waals surface area contributed by atoms with Crippen LogP contribution in [-0.4, -0.2) is 10.2 Å². The van der Waals surface area contributed by atoms with Gasteiger partial charge in [-0.15, -0.1) is 0 Å². The molecule has 3 aromatic carbocycles. The molecule has 0 spiro atoms. The van der Waals surface area contributed by atoms with Crippen molar-refractivity contribution < 1.29 is 22.8 Å². The molecule has 0 unspecified atom stereocenters. The topological polar surface area (TPSA) is 34.1 Å². The zero-order valence-electron chi connectivity index (χ0n) is 16.7. The molecule has 0 atom stereocenters. The van der Waals surface area contributed by atoms with Crippen molar-refractivity contribution in [2.24, 2.45) is 0 Å². The molecule has 0 aromatic heterocycles. The summed E-state index contributed by atoms with van der Waals surface area (Å²) in [4.78, 5) is 24.2. The summed E-state index contributed by atoms with van der Waals surface area (Å²) in [7, 11) is 0. The highest BCUT2D eigenvalue weighted by Crippen LogP contribution is 2.40. The van der Waals surface area contributed by atoms with E-state index in [9.17, 15) is 22.8 Å². The van der Waals surface area contributed by atoms with Crippen molar-refractivity contribution in [1.82, 2.24) is 0 Å². The minimum atomic E-state index is -4.55. The molecule has 0 aliphatic heterocycles. The second-order valence-electron chi connectivity index (χ2n) is 6.56. The van der Waals surface area contributed by atoms with Gasteiger partial charge in [0, 0.05) is 9.79 Å². The lowest BCUT2D eigenvalue weighted by molar-refractivity contribution is -0.137. The molecule has 3 aromatic rings. The van der Waals surface area contributed by atoms with Crippen LogP contribution >= 0.6 is 23.5 Å². The van der Waals surface area contributed by atoms with Crippen molar-refractivity contribution in [1.29, 1.82) is 0 Å². The number of rotatable bonds is 6. The van der Waals surface area contributed by atoms with Crippen LogP contribution in [0.2, 0.25) is 0 Å². The fourth-order valence-corrected chi connectivity index (χ4v) is 4.12. The Kier molecular flexibility index (Phi) is 7.43. The standard InChI is InChI=1S/C25H17F3O2S2/c1-3-23(29)31-19-10-5-16(6-11-19)18-9-14-21(22(15-18)25(26,27)28)17-7-12-20(13-8-17)32-24(30)4-2/h3-15H,1-2H2. The zero-order chi connectivity index (χ0) is 23.3. The van der Waals surface area contributed by atoms with Crippen LogP contribution in [0.15, 0.2) is 102 Å². The number of carbonyl (C=O) groups is 2. The Hall–Kier alpha value is -3.03. The Morgan fingerprint density at radius 3 is 1.56 bits per heavy atom. The minimum absolute atomic E-state index is 0.0524. The van der Waals surface area contributed by atoms with Crippen LogP contribution in [0.3, 0.4) is 0 Å². The molecule has 0 aliphatic rings. The fourth-order valence-electron chi connectivity index (χ4n) is 2.94. The first-order valence-corrected chi connectivity index (χ1v) is 10.9. The monoisotopic (exact) mass is 470 g/mol. The lowest BCUT2D eigenvalue weighted by atomic mass is 9.94. The minimum Gasteiger partial charge on any atom is -0.282 e. The smallest absolute Gasteiger partial charge is 0.282 e. The molecule has 7 heteroatoms. The van der Waals surface area contributed by atoms with Crippen molar-refractivity contribution in [3.05, 3.63) is 97.6 Å². The summed E-state index contributed by atoms with van der Waals surface area (Å²) in [6.07, 6.45) is -2.17. The number of carbonyl (C=O) groups excluding carboxylic acids is 2. The summed E-state index contributed by atoms with van der Waals surface area (Å²) >= 11 is 1.95. The molecule has 0 bridgehead atoms. The SMILES string of the molecule is C=CC(=O)Sc1ccc(-c2ccc(-c3ccc(SC(=O)C=C)cc3)c(C(F)(F)F)c2)cc1. The highest BCUT2D eigenvalue weighted by molar-refractivity contribution is 8.14. The van der Waals surface area contributed by atoms with Crippen molar-refractivity contribution in [3.63, 3.8) is 0 Å². The summed E-state index contributed by atoms with van der Waals surface area (Å²) in [5, 5.41) is -0.448. The molecule has 0 N–H and O–H groups in total. The van der Waals surface area contributed by atoms with Crippen LogP contribution in [0, 0.1) is 0 Å². The van der Waals surface area contributed by atoms with Gasteiger partial charge in [0.1, 0.15) is 0 Å². The lowest BCUT2D eigenvalue weighted by Gasteiger charge is -2.15. The second kappa shape index (κ2) is 10.1. The van der Waals surface area contributed by atoms with E-state index in [4.69, 9.17) is 0 Å². The third-order valence-corrected chi connectivity index (χ3v) is 6.20. The molecule has 2 nitrogen and oxygen atoms in total. The van der Waals surface area contributed by atoms with E-state index < -0.39 is 11.7 Å². The summed E-state index contributed by atoms with van der Waals surface area (Å²) in [5.74, 6) is 0. The predicted molar refractivity (Wildman–Crippen MR) is 124 cm³/mol. The Bertz CT molecular complexity index is 1170. The van der Waals surface area contributed by atoms with E-state index >= 15 is 0 Å². The number of hydrogen-bond acceptors (Lipinski definition) is 4. The van der Waals surface area contributed by atoms with Crippen LogP contribution in [0.1, 0.15) is 5.56 Å². The van der Waals surface area contributed by atoms with E-state index in [0.717, 1.165) is 29.6 Å². The lowest BCUT2D eigenvalue weighted by Crippen LogP contribution is -2.07. The molecule has 32 heavy (non-hydrogen) atoms. The van der Waals surface area contributed by atoms with Gasteiger partial charge in [-0.1, -0.05) is 49.6 Å². The molecule has 0 saturated carbocycles.